The summed E-state index contributed by atoms with van der Waals surface area (Å²) in [6.45, 7) is 0.350. The number of methoxy groups -OCH3 is 1. The predicted molar refractivity (Wildman–Crippen MR) is 117 cm³/mol. The fourth-order valence-corrected chi connectivity index (χ4v) is 3.44. The summed E-state index contributed by atoms with van der Waals surface area (Å²) in [6, 6.07) is 15.0. The van der Waals surface area contributed by atoms with E-state index in [0.717, 1.165) is 14.6 Å². The van der Waals surface area contributed by atoms with Gasteiger partial charge in [0.05, 0.1) is 13.7 Å². The molecule has 2 heterocycles. The van der Waals surface area contributed by atoms with Crippen LogP contribution in [0.25, 0.3) is 11.2 Å². The number of hydrogen-bond donors (Lipinski definition) is 0. The largest absolute Gasteiger partial charge is 0.497 e. The second-order valence-corrected chi connectivity index (χ2v) is 7.68. The van der Waals surface area contributed by atoms with E-state index < -0.39 is 11.2 Å². The zero-order valence-corrected chi connectivity index (χ0v) is 18.2. The number of rotatable bonds is 5. The van der Waals surface area contributed by atoms with Crippen LogP contribution < -0.4 is 20.7 Å². The van der Waals surface area contributed by atoms with Crippen LogP contribution in [0.15, 0.2) is 62.6 Å². The first-order valence-electron chi connectivity index (χ1n) is 9.11. The highest BCUT2D eigenvalue weighted by Gasteiger charge is 2.21. The molecule has 0 radical (unpaired) electrons. The van der Waals surface area contributed by atoms with Crippen molar-refractivity contribution in [1.82, 2.24) is 18.7 Å². The molecule has 0 aliphatic rings. The molecule has 0 spiro atoms. The van der Waals surface area contributed by atoms with Crippen molar-refractivity contribution in [3.8, 4) is 17.5 Å². The molecule has 0 aliphatic carbocycles. The zero-order valence-electron chi connectivity index (χ0n) is 16.6. The maximum atomic E-state index is 12.9. The van der Waals surface area contributed by atoms with Gasteiger partial charge in [-0.25, -0.2) is 4.79 Å². The summed E-state index contributed by atoms with van der Waals surface area (Å²) in [4.78, 5) is 29.8. The van der Waals surface area contributed by atoms with E-state index in [0.29, 0.717) is 23.6 Å². The van der Waals surface area contributed by atoms with Gasteiger partial charge in [0.25, 0.3) is 5.56 Å². The average Bonchev–Trinajstić information content (AvgIpc) is 3.11. The predicted octanol–water partition coefficient (Wildman–Crippen LogP) is 3.05. The molecular weight excluding hydrogens is 452 g/mol. The van der Waals surface area contributed by atoms with E-state index in [9.17, 15) is 9.59 Å². The number of nitrogens with zero attached hydrogens (tertiary/aromatic N) is 4. The van der Waals surface area contributed by atoms with Crippen molar-refractivity contribution in [2.75, 3.05) is 7.11 Å². The smallest absolute Gasteiger partial charge is 0.332 e. The number of benzene rings is 2. The molecule has 0 unspecified atom stereocenters. The third-order valence-corrected chi connectivity index (χ3v) is 5.36. The molecule has 4 rings (SSSR count). The van der Waals surface area contributed by atoms with Crippen molar-refractivity contribution >= 4 is 27.1 Å². The van der Waals surface area contributed by atoms with Gasteiger partial charge >= 0.3 is 11.7 Å². The number of halogens is 1. The van der Waals surface area contributed by atoms with Crippen LogP contribution >= 0.6 is 15.9 Å². The molecule has 0 aliphatic heterocycles. The van der Waals surface area contributed by atoms with Crippen molar-refractivity contribution in [1.29, 1.82) is 0 Å². The van der Waals surface area contributed by atoms with Gasteiger partial charge in [-0.15, -0.1) is 0 Å². The minimum atomic E-state index is -0.447. The standard InChI is InChI=1S/C21H19BrN4O4/c1-24-18-17(19(27)25(2)21(24)28)26(12-13-4-6-14(22)7-5-13)20(23-18)30-16-10-8-15(29-3)9-11-16/h4-11H,12H2,1-3H3. The molecule has 0 amide bonds. The van der Waals surface area contributed by atoms with Crippen molar-refractivity contribution in [3.05, 3.63) is 79.4 Å². The second kappa shape index (κ2) is 7.83. The Morgan fingerprint density at radius 3 is 2.20 bits per heavy atom. The van der Waals surface area contributed by atoms with Crippen molar-refractivity contribution in [2.45, 2.75) is 6.54 Å². The molecule has 0 N–H and O–H groups in total. The Balaban J connectivity index is 1.89. The zero-order chi connectivity index (χ0) is 21.4. The van der Waals surface area contributed by atoms with Gasteiger partial charge in [-0.05, 0) is 42.0 Å². The van der Waals surface area contributed by atoms with Gasteiger partial charge < -0.3 is 9.47 Å². The summed E-state index contributed by atoms with van der Waals surface area (Å²) >= 11 is 3.43. The Labute approximate surface area is 180 Å². The Morgan fingerprint density at radius 1 is 0.933 bits per heavy atom. The molecule has 0 fully saturated rings. The summed E-state index contributed by atoms with van der Waals surface area (Å²) in [5, 5.41) is 0. The van der Waals surface area contributed by atoms with Gasteiger partial charge in [-0.1, -0.05) is 28.1 Å². The van der Waals surface area contributed by atoms with Gasteiger partial charge in [0, 0.05) is 18.6 Å². The number of fused-ring (bicyclic) bond motifs is 1. The quantitative estimate of drug-likeness (QED) is 0.447. The third-order valence-electron chi connectivity index (χ3n) is 4.84. The Hall–Kier alpha value is -3.33. The Kier molecular flexibility index (Phi) is 5.21. The minimum Gasteiger partial charge on any atom is -0.497 e. The van der Waals surface area contributed by atoms with Gasteiger partial charge in [-0.2, -0.15) is 4.98 Å². The van der Waals surface area contributed by atoms with Crippen LogP contribution in [0.3, 0.4) is 0 Å². The molecule has 9 heteroatoms. The van der Waals surface area contributed by atoms with E-state index in [4.69, 9.17) is 9.47 Å². The molecule has 0 saturated heterocycles. The third kappa shape index (κ3) is 3.52. The lowest BCUT2D eigenvalue weighted by Crippen LogP contribution is -2.37. The lowest BCUT2D eigenvalue weighted by atomic mass is 10.2. The second-order valence-electron chi connectivity index (χ2n) is 6.76. The molecule has 30 heavy (non-hydrogen) atoms. The lowest BCUT2D eigenvalue weighted by Gasteiger charge is -2.11. The summed E-state index contributed by atoms with van der Waals surface area (Å²) in [5.74, 6) is 1.23. The van der Waals surface area contributed by atoms with E-state index in [-0.39, 0.29) is 11.7 Å². The number of aromatic nitrogens is 4. The maximum absolute atomic E-state index is 12.9. The normalized spacial score (nSPS) is 11.1. The summed E-state index contributed by atoms with van der Waals surface area (Å²) < 4.78 is 16.2. The SMILES string of the molecule is COc1ccc(Oc2nc3c(c(=O)n(C)c(=O)n3C)n2Cc2ccc(Br)cc2)cc1. The van der Waals surface area contributed by atoms with E-state index in [1.807, 2.05) is 24.3 Å². The van der Waals surface area contributed by atoms with Crippen LogP contribution in [0.2, 0.25) is 0 Å². The van der Waals surface area contributed by atoms with Crippen LogP contribution in [-0.4, -0.2) is 25.8 Å². The number of ether oxygens (including phenoxy) is 2. The van der Waals surface area contributed by atoms with Crippen molar-refractivity contribution < 1.29 is 9.47 Å². The van der Waals surface area contributed by atoms with Gasteiger partial charge in [0.1, 0.15) is 11.5 Å². The highest BCUT2D eigenvalue weighted by molar-refractivity contribution is 9.10. The van der Waals surface area contributed by atoms with Crippen LogP contribution in [0.4, 0.5) is 0 Å². The first kappa shape index (κ1) is 20.0. The van der Waals surface area contributed by atoms with E-state index >= 15 is 0 Å². The van der Waals surface area contributed by atoms with Crippen molar-refractivity contribution in [3.63, 3.8) is 0 Å². The lowest BCUT2D eigenvalue weighted by molar-refractivity contribution is 0.406. The first-order valence-corrected chi connectivity index (χ1v) is 9.91. The monoisotopic (exact) mass is 470 g/mol. The van der Waals surface area contributed by atoms with Gasteiger partial charge in [0.2, 0.25) is 0 Å². The van der Waals surface area contributed by atoms with Gasteiger partial charge in [0.15, 0.2) is 11.2 Å². The summed E-state index contributed by atoms with van der Waals surface area (Å²) in [5.41, 5.74) is 0.641. The molecule has 2 aromatic carbocycles. The molecule has 0 bridgehead atoms. The van der Waals surface area contributed by atoms with Crippen molar-refractivity contribution in [2.24, 2.45) is 14.1 Å². The average molecular weight is 471 g/mol. The molecular formula is C21H19BrN4O4. The van der Waals surface area contributed by atoms with Crippen LogP contribution in [0.1, 0.15) is 5.56 Å². The fourth-order valence-electron chi connectivity index (χ4n) is 3.17. The maximum Gasteiger partial charge on any atom is 0.332 e. The van der Waals surface area contributed by atoms with Crippen LogP contribution in [-0.2, 0) is 20.6 Å². The topological polar surface area (TPSA) is 80.3 Å². The number of aryl methyl sites for hydroxylation is 1. The van der Waals surface area contributed by atoms with Gasteiger partial charge in [-0.3, -0.25) is 18.5 Å². The molecule has 0 saturated carbocycles. The van der Waals surface area contributed by atoms with Crippen LogP contribution in [0, 0.1) is 0 Å². The molecule has 4 aromatic rings. The van der Waals surface area contributed by atoms with Crippen LogP contribution in [0.5, 0.6) is 17.5 Å². The minimum absolute atomic E-state index is 0.219. The first-order chi connectivity index (χ1) is 14.4. The molecule has 0 atom stereocenters. The molecule has 8 nitrogen and oxygen atoms in total. The molecule has 2 aromatic heterocycles. The number of hydrogen-bond acceptors (Lipinski definition) is 5. The Morgan fingerprint density at radius 2 is 1.57 bits per heavy atom. The van der Waals surface area contributed by atoms with E-state index in [2.05, 4.69) is 20.9 Å². The molecule has 154 valence electrons. The van der Waals surface area contributed by atoms with E-state index in [1.165, 1.54) is 11.6 Å². The highest BCUT2D eigenvalue weighted by Crippen LogP contribution is 2.26. The summed E-state index contributed by atoms with van der Waals surface area (Å²) in [6.07, 6.45) is 0. The fraction of sp³-hybridized carbons (Fsp3) is 0.190. The number of imidazole rings is 1. The van der Waals surface area contributed by atoms with E-state index in [1.54, 1.807) is 43.0 Å². The Bertz CT molecular complexity index is 1340. The highest BCUT2D eigenvalue weighted by atomic mass is 79.9. The summed E-state index contributed by atoms with van der Waals surface area (Å²) in [7, 11) is 4.62.